The first-order valence-corrected chi connectivity index (χ1v) is 6.15. The smallest absolute Gasteiger partial charge is 0.221 e. The molecule has 1 amide bonds. The third-order valence-electron chi connectivity index (χ3n) is 1.90. The summed E-state index contributed by atoms with van der Waals surface area (Å²) in [5.41, 5.74) is 0.856. The highest BCUT2D eigenvalue weighted by Crippen LogP contribution is 2.23. The second-order valence-corrected chi connectivity index (χ2v) is 5.06. The molecule has 76 valence electrons. The Labute approximate surface area is 87.3 Å². The van der Waals surface area contributed by atoms with Crippen molar-refractivity contribution in [2.75, 3.05) is 11.6 Å². The lowest BCUT2D eigenvalue weighted by Crippen LogP contribution is -2.05. The Morgan fingerprint density at radius 3 is 2.36 bits per heavy atom. The van der Waals surface area contributed by atoms with Gasteiger partial charge in [0.25, 0.3) is 0 Å². The number of nitrogens with one attached hydrogen (secondary N) is 1. The Kier molecular flexibility index (Phi) is 3.89. The second-order valence-electron chi connectivity index (χ2n) is 3.00. The van der Waals surface area contributed by atoms with Crippen molar-refractivity contribution in [3.63, 3.8) is 0 Å². The standard InChI is InChI=1S/C11H15NOS/c1-4-14(3)11-7-5-10(6-8-11)12-9(2)13/h4-8H,1-3H3,(H,12,13). The molecule has 1 aromatic carbocycles. The lowest BCUT2D eigenvalue weighted by molar-refractivity contribution is -0.114. The maximum absolute atomic E-state index is 10.8. The lowest BCUT2D eigenvalue weighted by atomic mass is 10.3. The molecule has 0 bridgehead atoms. The molecule has 1 rings (SSSR count). The fourth-order valence-corrected chi connectivity index (χ4v) is 1.93. The van der Waals surface area contributed by atoms with Crippen LogP contribution in [0.2, 0.25) is 0 Å². The van der Waals surface area contributed by atoms with E-state index in [0.717, 1.165) is 5.69 Å². The van der Waals surface area contributed by atoms with Crippen molar-refractivity contribution in [2.24, 2.45) is 0 Å². The van der Waals surface area contributed by atoms with Gasteiger partial charge in [0.1, 0.15) is 0 Å². The Hall–Kier alpha value is -1.09. The van der Waals surface area contributed by atoms with Gasteiger partial charge in [-0.1, -0.05) is 5.37 Å². The van der Waals surface area contributed by atoms with E-state index in [1.54, 1.807) is 0 Å². The molecule has 1 unspecified atom stereocenters. The average molecular weight is 209 g/mol. The van der Waals surface area contributed by atoms with Crippen LogP contribution in [-0.4, -0.2) is 17.5 Å². The van der Waals surface area contributed by atoms with E-state index < -0.39 is 0 Å². The molecule has 0 aliphatic carbocycles. The quantitative estimate of drug-likeness (QED) is 0.745. The van der Waals surface area contributed by atoms with Crippen LogP contribution in [-0.2, 0) is 4.79 Å². The highest BCUT2D eigenvalue weighted by atomic mass is 32.2. The van der Waals surface area contributed by atoms with Crippen LogP contribution in [0.3, 0.4) is 0 Å². The Balaban J connectivity index is 2.83. The molecule has 0 aliphatic heterocycles. The maximum Gasteiger partial charge on any atom is 0.221 e. The van der Waals surface area contributed by atoms with Gasteiger partial charge in [0.05, 0.1) is 0 Å². The van der Waals surface area contributed by atoms with Crippen LogP contribution < -0.4 is 5.32 Å². The summed E-state index contributed by atoms with van der Waals surface area (Å²) in [4.78, 5) is 12.1. The summed E-state index contributed by atoms with van der Waals surface area (Å²) in [6, 6.07) is 7.97. The molecule has 1 atom stereocenters. The van der Waals surface area contributed by atoms with Gasteiger partial charge in [-0.3, -0.25) is 4.79 Å². The van der Waals surface area contributed by atoms with E-state index in [-0.39, 0.29) is 16.4 Å². The van der Waals surface area contributed by atoms with Crippen molar-refractivity contribution in [1.82, 2.24) is 0 Å². The molecule has 0 radical (unpaired) electrons. The summed E-state index contributed by atoms with van der Waals surface area (Å²) in [7, 11) is 0.201. The number of benzene rings is 1. The third kappa shape index (κ3) is 3.00. The first-order valence-electron chi connectivity index (χ1n) is 4.45. The Bertz CT molecular complexity index is 354. The van der Waals surface area contributed by atoms with E-state index in [4.69, 9.17) is 0 Å². The van der Waals surface area contributed by atoms with Crippen LogP contribution in [0, 0.1) is 0 Å². The minimum absolute atomic E-state index is 0.0321. The molecule has 2 nitrogen and oxygen atoms in total. The van der Waals surface area contributed by atoms with E-state index in [1.165, 1.54) is 11.8 Å². The van der Waals surface area contributed by atoms with Gasteiger partial charge in [-0.05, 0) is 37.4 Å². The fourth-order valence-electron chi connectivity index (χ4n) is 1.09. The topological polar surface area (TPSA) is 29.1 Å². The minimum atomic E-state index is -0.0321. The van der Waals surface area contributed by atoms with Gasteiger partial charge in [0, 0.05) is 17.5 Å². The lowest BCUT2D eigenvalue weighted by Gasteiger charge is -2.05. The van der Waals surface area contributed by atoms with Crippen molar-refractivity contribution in [2.45, 2.75) is 18.7 Å². The fraction of sp³-hybridized carbons (Fsp3) is 0.273. The molecule has 0 heterocycles. The average Bonchev–Trinajstić information content (AvgIpc) is 2.17. The number of hydrogen-bond donors (Lipinski definition) is 1. The van der Waals surface area contributed by atoms with E-state index >= 15 is 0 Å². The maximum atomic E-state index is 10.8. The van der Waals surface area contributed by atoms with E-state index in [2.05, 4.69) is 23.9 Å². The number of anilines is 1. The second kappa shape index (κ2) is 4.96. The number of hydrogen-bond acceptors (Lipinski definition) is 1. The third-order valence-corrected chi connectivity index (χ3v) is 3.62. The normalized spacial score (nSPS) is 12.5. The van der Waals surface area contributed by atoms with Gasteiger partial charge in [-0.25, -0.2) is 0 Å². The van der Waals surface area contributed by atoms with Crippen molar-refractivity contribution < 1.29 is 4.79 Å². The summed E-state index contributed by atoms with van der Waals surface area (Å²) >= 11 is 0. The summed E-state index contributed by atoms with van der Waals surface area (Å²) in [5.74, 6) is -0.0321. The predicted molar refractivity (Wildman–Crippen MR) is 64.3 cm³/mol. The van der Waals surface area contributed by atoms with Crippen molar-refractivity contribution >= 4 is 27.4 Å². The summed E-state index contributed by atoms with van der Waals surface area (Å²) < 4.78 is 0. The Morgan fingerprint density at radius 1 is 1.36 bits per heavy atom. The van der Waals surface area contributed by atoms with Crippen LogP contribution in [0.15, 0.2) is 29.2 Å². The molecule has 0 aromatic heterocycles. The number of rotatable bonds is 2. The molecule has 0 saturated carbocycles. The number of amides is 1. The van der Waals surface area contributed by atoms with E-state index in [0.29, 0.717) is 0 Å². The summed E-state index contributed by atoms with van der Waals surface area (Å²) in [6.07, 6.45) is 2.17. The monoisotopic (exact) mass is 209 g/mol. The van der Waals surface area contributed by atoms with Crippen LogP contribution in [0.4, 0.5) is 5.69 Å². The number of carbonyl (C=O) groups excluding carboxylic acids is 1. The zero-order valence-corrected chi connectivity index (χ0v) is 9.52. The molecule has 1 aromatic rings. The zero-order chi connectivity index (χ0) is 10.6. The highest BCUT2D eigenvalue weighted by molar-refractivity contribution is 8.14. The minimum Gasteiger partial charge on any atom is -0.326 e. The molecule has 0 aliphatic rings. The van der Waals surface area contributed by atoms with Crippen LogP contribution in [0.5, 0.6) is 0 Å². The Morgan fingerprint density at radius 2 is 1.93 bits per heavy atom. The number of carbonyl (C=O) groups is 1. The van der Waals surface area contributed by atoms with Gasteiger partial charge in [-0.2, -0.15) is 10.5 Å². The first kappa shape index (κ1) is 11.0. The van der Waals surface area contributed by atoms with Crippen molar-refractivity contribution in [1.29, 1.82) is 0 Å². The van der Waals surface area contributed by atoms with Crippen LogP contribution >= 0.6 is 10.5 Å². The van der Waals surface area contributed by atoms with Crippen molar-refractivity contribution in [3.8, 4) is 0 Å². The molecular formula is C11H15NOS. The highest BCUT2D eigenvalue weighted by Gasteiger charge is 1.96. The molecule has 0 saturated heterocycles. The summed E-state index contributed by atoms with van der Waals surface area (Å²) in [6.45, 7) is 3.57. The molecule has 14 heavy (non-hydrogen) atoms. The first-order chi connectivity index (χ1) is 6.63. The largest absolute Gasteiger partial charge is 0.326 e. The van der Waals surface area contributed by atoms with Gasteiger partial charge < -0.3 is 5.32 Å². The zero-order valence-electron chi connectivity index (χ0n) is 8.70. The van der Waals surface area contributed by atoms with Gasteiger partial charge >= 0.3 is 0 Å². The molecule has 0 fully saturated rings. The van der Waals surface area contributed by atoms with Crippen molar-refractivity contribution in [3.05, 3.63) is 24.3 Å². The van der Waals surface area contributed by atoms with Crippen LogP contribution in [0.25, 0.3) is 0 Å². The predicted octanol–water partition coefficient (Wildman–Crippen LogP) is 2.72. The van der Waals surface area contributed by atoms with Gasteiger partial charge in [0.2, 0.25) is 5.91 Å². The van der Waals surface area contributed by atoms with Crippen LogP contribution in [0.1, 0.15) is 13.8 Å². The summed E-state index contributed by atoms with van der Waals surface area (Å²) in [5, 5.41) is 4.92. The molecular weight excluding hydrogens is 194 g/mol. The SMILES string of the molecule is C/C=S(\C)c1ccc(NC(C)=O)cc1. The van der Waals surface area contributed by atoms with Gasteiger partial charge in [0.15, 0.2) is 0 Å². The van der Waals surface area contributed by atoms with E-state index in [1.807, 2.05) is 24.3 Å². The molecule has 1 N–H and O–H groups in total. The molecule has 0 spiro atoms. The van der Waals surface area contributed by atoms with E-state index in [9.17, 15) is 4.79 Å². The molecule has 3 heteroatoms. The van der Waals surface area contributed by atoms with Gasteiger partial charge in [-0.15, -0.1) is 0 Å².